The van der Waals surface area contributed by atoms with Crippen LogP contribution in [0.3, 0.4) is 0 Å². The summed E-state index contributed by atoms with van der Waals surface area (Å²) in [5.41, 5.74) is 0. The molecule has 6 heteroatoms. The third-order valence-corrected chi connectivity index (χ3v) is 12.8. The second kappa shape index (κ2) is 46.4. The van der Waals surface area contributed by atoms with E-state index in [4.69, 9.17) is 14.2 Å². The standard InChI is InChI=1S/C55H106O6/c1-7-51(6)43-37-31-25-19-14-15-21-27-33-39-45-54(57)60-48-52(61-55(58)46-40-34-28-22-16-18-24-30-36-42-50(4)5)47-59-53(56)44-38-32-26-20-13-11-9-8-10-12-17-23-29-35-41-49(2)3/h49-52H,7-48H2,1-6H3/t51?,52-/m0/s1. The maximum atomic E-state index is 12.8. The molecular formula is C55H106O6. The van der Waals surface area contributed by atoms with Gasteiger partial charge >= 0.3 is 17.9 Å². The first kappa shape index (κ1) is 59.4. The lowest BCUT2D eigenvalue weighted by molar-refractivity contribution is -0.167. The Hall–Kier alpha value is -1.59. The Bertz CT molecular complexity index is 947. The van der Waals surface area contributed by atoms with Crippen LogP contribution in [0.4, 0.5) is 0 Å². The molecule has 0 spiro atoms. The molecule has 0 saturated carbocycles. The fraction of sp³-hybridized carbons (Fsp3) is 0.945. The minimum Gasteiger partial charge on any atom is -0.462 e. The van der Waals surface area contributed by atoms with Gasteiger partial charge < -0.3 is 14.2 Å². The molecule has 0 aliphatic rings. The maximum absolute atomic E-state index is 12.8. The first-order chi connectivity index (χ1) is 29.6. The predicted octanol–water partition coefficient (Wildman–Crippen LogP) is 17.6. The Labute approximate surface area is 380 Å². The Morgan fingerprint density at radius 2 is 0.574 bits per heavy atom. The van der Waals surface area contributed by atoms with E-state index in [1.807, 2.05) is 0 Å². The monoisotopic (exact) mass is 863 g/mol. The smallest absolute Gasteiger partial charge is 0.306 e. The highest BCUT2D eigenvalue weighted by Crippen LogP contribution is 2.18. The molecule has 0 rings (SSSR count). The molecule has 61 heavy (non-hydrogen) atoms. The van der Waals surface area contributed by atoms with Crippen molar-refractivity contribution in [2.75, 3.05) is 13.2 Å². The average Bonchev–Trinajstić information content (AvgIpc) is 3.23. The molecule has 362 valence electrons. The second-order valence-electron chi connectivity index (χ2n) is 20.1. The van der Waals surface area contributed by atoms with E-state index in [9.17, 15) is 14.4 Å². The summed E-state index contributed by atoms with van der Waals surface area (Å²) >= 11 is 0. The van der Waals surface area contributed by atoms with Crippen molar-refractivity contribution >= 4 is 17.9 Å². The molecule has 0 saturated heterocycles. The summed E-state index contributed by atoms with van der Waals surface area (Å²) in [4.78, 5) is 38.0. The zero-order valence-corrected chi connectivity index (χ0v) is 42.0. The van der Waals surface area contributed by atoms with Crippen molar-refractivity contribution in [3.05, 3.63) is 0 Å². The lowest BCUT2D eigenvalue weighted by Gasteiger charge is -2.18. The summed E-state index contributed by atoms with van der Waals surface area (Å²) in [6, 6.07) is 0. The topological polar surface area (TPSA) is 78.9 Å². The van der Waals surface area contributed by atoms with Gasteiger partial charge in [-0.25, -0.2) is 0 Å². The van der Waals surface area contributed by atoms with Gasteiger partial charge in [-0.1, -0.05) is 260 Å². The van der Waals surface area contributed by atoms with Crippen LogP contribution < -0.4 is 0 Å². The number of rotatable bonds is 48. The van der Waals surface area contributed by atoms with Crippen LogP contribution in [-0.2, 0) is 28.6 Å². The summed E-state index contributed by atoms with van der Waals surface area (Å²) in [6.07, 6.45) is 46.6. The zero-order valence-electron chi connectivity index (χ0n) is 42.0. The van der Waals surface area contributed by atoms with E-state index in [2.05, 4.69) is 41.5 Å². The molecule has 0 aliphatic heterocycles. The van der Waals surface area contributed by atoms with Gasteiger partial charge in [0, 0.05) is 19.3 Å². The van der Waals surface area contributed by atoms with Crippen molar-refractivity contribution in [1.29, 1.82) is 0 Å². The van der Waals surface area contributed by atoms with Crippen molar-refractivity contribution in [3.63, 3.8) is 0 Å². The van der Waals surface area contributed by atoms with Crippen molar-refractivity contribution in [1.82, 2.24) is 0 Å². The van der Waals surface area contributed by atoms with Gasteiger partial charge in [0.15, 0.2) is 6.10 Å². The number of unbranched alkanes of at least 4 members (excludes halogenated alkanes) is 30. The highest BCUT2D eigenvalue weighted by atomic mass is 16.6. The van der Waals surface area contributed by atoms with Crippen LogP contribution >= 0.6 is 0 Å². The highest BCUT2D eigenvalue weighted by Gasteiger charge is 2.19. The van der Waals surface area contributed by atoms with Gasteiger partial charge in [-0.05, 0) is 37.0 Å². The van der Waals surface area contributed by atoms with Crippen LogP contribution in [0.2, 0.25) is 0 Å². The molecular weight excluding hydrogens is 757 g/mol. The minimum atomic E-state index is -0.763. The molecule has 0 heterocycles. The molecule has 0 aromatic rings. The van der Waals surface area contributed by atoms with Crippen LogP contribution in [0.15, 0.2) is 0 Å². The van der Waals surface area contributed by atoms with Gasteiger partial charge in [0.1, 0.15) is 13.2 Å². The summed E-state index contributed by atoms with van der Waals surface area (Å²) in [5.74, 6) is 1.67. The first-order valence-electron chi connectivity index (χ1n) is 27.1. The number of hydrogen-bond acceptors (Lipinski definition) is 6. The fourth-order valence-corrected chi connectivity index (χ4v) is 8.26. The molecule has 1 unspecified atom stereocenters. The molecule has 0 N–H and O–H groups in total. The Morgan fingerprint density at radius 3 is 0.852 bits per heavy atom. The highest BCUT2D eigenvalue weighted by molar-refractivity contribution is 5.71. The van der Waals surface area contributed by atoms with Gasteiger partial charge in [0.05, 0.1) is 0 Å². The summed E-state index contributed by atoms with van der Waals surface area (Å²) in [7, 11) is 0. The van der Waals surface area contributed by atoms with Gasteiger partial charge in [0.2, 0.25) is 0 Å². The Morgan fingerprint density at radius 1 is 0.328 bits per heavy atom. The van der Waals surface area contributed by atoms with Crippen molar-refractivity contribution < 1.29 is 28.6 Å². The summed E-state index contributed by atoms with van der Waals surface area (Å²) in [5, 5.41) is 0. The van der Waals surface area contributed by atoms with Gasteiger partial charge in [0.25, 0.3) is 0 Å². The Kier molecular flexibility index (Phi) is 45.2. The molecule has 0 fully saturated rings. The van der Waals surface area contributed by atoms with E-state index >= 15 is 0 Å². The third kappa shape index (κ3) is 47.7. The number of ether oxygens (including phenoxy) is 3. The van der Waals surface area contributed by atoms with E-state index in [0.29, 0.717) is 19.3 Å². The van der Waals surface area contributed by atoms with Crippen LogP contribution in [0.25, 0.3) is 0 Å². The summed E-state index contributed by atoms with van der Waals surface area (Å²) < 4.78 is 16.8. The lowest BCUT2D eigenvalue weighted by Crippen LogP contribution is -2.30. The normalized spacial score (nSPS) is 12.6. The number of hydrogen-bond donors (Lipinski definition) is 0. The lowest BCUT2D eigenvalue weighted by atomic mass is 9.99. The van der Waals surface area contributed by atoms with E-state index in [-0.39, 0.29) is 31.1 Å². The quantitative estimate of drug-likeness (QED) is 0.0344. The number of esters is 3. The number of carbonyl (C=O) groups excluding carboxylic acids is 3. The molecule has 2 atom stereocenters. The second-order valence-corrected chi connectivity index (χ2v) is 20.1. The molecule has 0 aromatic carbocycles. The molecule has 0 aromatic heterocycles. The van der Waals surface area contributed by atoms with Gasteiger partial charge in [-0.2, -0.15) is 0 Å². The number of carbonyl (C=O) groups is 3. The molecule has 6 nitrogen and oxygen atoms in total. The minimum absolute atomic E-state index is 0.0645. The SMILES string of the molecule is CCC(C)CCCCCCCCCCCCC(=O)OC[C@H](COC(=O)CCCCCCCCCCCCCCCCC(C)C)OC(=O)CCCCCCCCCCCC(C)C. The molecule has 0 bridgehead atoms. The van der Waals surface area contributed by atoms with Crippen LogP contribution in [-0.4, -0.2) is 37.2 Å². The first-order valence-corrected chi connectivity index (χ1v) is 27.1. The van der Waals surface area contributed by atoms with E-state index < -0.39 is 6.10 Å². The van der Waals surface area contributed by atoms with Crippen molar-refractivity contribution in [3.8, 4) is 0 Å². The van der Waals surface area contributed by atoms with E-state index in [0.717, 1.165) is 75.5 Å². The largest absolute Gasteiger partial charge is 0.462 e. The zero-order chi connectivity index (χ0) is 44.9. The van der Waals surface area contributed by atoms with Crippen LogP contribution in [0.1, 0.15) is 298 Å². The van der Waals surface area contributed by atoms with Crippen molar-refractivity contribution in [2.24, 2.45) is 17.8 Å². The predicted molar refractivity (Wildman–Crippen MR) is 261 cm³/mol. The van der Waals surface area contributed by atoms with Crippen LogP contribution in [0.5, 0.6) is 0 Å². The maximum Gasteiger partial charge on any atom is 0.306 e. The molecule has 0 amide bonds. The van der Waals surface area contributed by atoms with Gasteiger partial charge in [-0.3, -0.25) is 14.4 Å². The van der Waals surface area contributed by atoms with E-state index in [1.54, 1.807) is 0 Å². The average molecular weight is 863 g/mol. The molecule has 0 radical (unpaired) electrons. The molecule has 0 aliphatic carbocycles. The van der Waals surface area contributed by atoms with E-state index in [1.165, 1.54) is 180 Å². The van der Waals surface area contributed by atoms with Gasteiger partial charge in [-0.15, -0.1) is 0 Å². The summed E-state index contributed by atoms with van der Waals surface area (Å²) in [6.45, 7) is 13.7. The van der Waals surface area contributed by atoms with Crippen LogP contribution in [0, 0.1) is 17.8 Å². The Balaban J connectivity index is 4.30. The third-order valence-electron chi connectivity index (χ3n) is 12.8. The van der Waals surface area contributed by atoms with Crippen molar-refractivity contribution in [2.45, 2.75) is 304 Å². The fourth-order valence-electron chi connectivity index (χ4n) is 8.26.